The molecule has 0 unspecified atom stereocenters. The maximum Gasteiger partial charge on any atom is 0.226 e. The van der Waals surface area contributed by atoms with Crippen LogP contribution >= 0.6 is 13.5 Å². The molecule has 0 radical (unpaired) electrons. The number of hydrogen-bond donors (Lipinski definition) is 1. The predicted molar refractivity (Wildman–Crippen MR) is 139 cm³/mol. The van der Waals surface area contributed by atoms with E-state index in [0.29, 0.717) is 18.2 Å². The molecule has 1 saturated heterocycles. The van der Waals surface area contributed by atoms with Crippen LogP contribution in [0.5, 0.6) is 0 Å². The Morgan fingerprint density at radius 1 is 1.21 bits per heavy atom. The fourth-order valence-corrected chi connectivity index (χ4v) is 4.07. The molecule has 0 bridgehead atoms. The first-order valence-electron chi connectivity index (χ1n) is 11.2. The monoisotopic (exact) mass is 474 g/mol. The smallest absolute Gasteiger partial charge is 0.226 e. The summed E-state index contributed by atoms with van der Waals surface area (Å²) < 4.78 is 5.55. The minimum atomic E-state index is -0.0835. The molecule has 0 saturated carbocycles. The van der Waals surface area contributed by atoms with Gasteiger partial charge >= 0.3 is 0 Å². The lowest BCUT2D eigenvalue weighted by Gasteiger charge is -2.35. The number of carbonyl (C=O) groups is 1. The molecule has 2 heterocycles. The number of aromatic nitrogens is 1. The molecule has 6 nitrogen and oxygen atoms in total. The van der Waals surface area contributed by atoms with E-state index < -0.39 is 0 Å². The highest BCUT2D eigenvalue weighted by Crippen LogP contribution is 2.28. The number of hydrogen-bond acceptors (Lipinski definition) is 5. The summed E-state index contributed by atoms with van der Waals surface area (Å²) in [6.07, 6.45) is 2.06. The van der Waals surface area contributed by atoms with Crippen molar-refractivity contribution in [2.75, 3.05) is 24.7 Å². The van der Waals surface area contributed by atoms with Crippen LogP contribution in [0.3, 0.4) is 0 Å². The van der Waals surface area contributed by atoms with Gasteiger partial charge in [-0.3, -0.25) is 9.78 Å². The molecule has 0 aliphatic carbocycles. The molecule has 1 amide bonds. The zero-order chi connectivity index (χ0) is 23.2. The third-order valence-corrected chi connectivity index (χ3v) is 5.96. The normalized spacial score (nSPS) is 15.2. The van der Waals surface area contributed by atoms with Crippen molar-refractivity contribution >= 4 is 25.1 Å². The number of amides is 1. The van der Waals surface area contributed by atoms with Gasteiger partial charge in [0, 0.05) is 42.3 Å². The Balaban J connectivity index is 0.00000324. The highest BCUT2D eigenvalue weighted by molar-refractivity contribution is 7.59. The highest BCUT2D eigenvalue weighted by atomic mass is 32.1. The number of nitriles is 1. The first-order valence-corrected chi connectivity index (χ1v) is 11.2. The lowest BCUT2D eigenvalue weighted by Crippen LogP contribution is -2.43. The van der Waals surface area contributed by atoms with E-state index in [4.69, 9.17) is 10.00 Å². The van der Waals surface area contributed by atoms with E-state index in [1.165, 1.54) is 11.3 Å². The van der Waals surface area contributed by atoms with Crippen molar-refractivity contribution in [3.63, 3.8) is 0 Å². The van der Waals surface area contributed by atoms with Crippen LogP contribution in [0.1, 0.15) is 29.3 Å². The molecular formula is C27H30N4O2S. The van der Waals surface area contributed by atoms with Crippen LogP contribution in [0.15, 0.2) is 60.8 Å². The Labute approximate surface area is 208 Å². The fourth-order valence-electron chi connectivity index (χ4n) is 4.07. The Morgan fingerprint density at radius 2 is 2.00 bits per heavy atom. The first kappa shape index (κ1) is 25.3. The zero-order valence-corrected chi connectivity index (χ0v) is 20.5. The SMILES string of the molecule is Cc1cc(N2CCOC[C@@H]2C)ccc1-c1ccc(CC(=O)NCc2ccc(C#N)cc2)nc1.S. The van der Waals surface area contributed by atoms with Crippen molar-refractivity contribution in [1.29, 1.82) is 5.26 Å². The molecule has 7 heteroatoms. The maximum absolute atomic E-state index is 12.3. The van der Waals surface area contributed by atoms with Crippen LogP contribution < -0.4 is 10.2 Å². The van der Waals surface area contributed by atoms with Crippen LogP contribution in [-0.2, 0) is 22.5 Å². The van der Waals surface area contributed by atoms with E-state index in [2.05, 4.69) is 53.3 Å². The summed E-state index contributed by atoms with van der Waals surface area (Å²) in [5.41, 5.74) is 6.88. The van der Waals surface area contributed by atoms with Gasteiger partial charge in [0.25, 0.3) is 0 Å². The van der Waals surface area contributed by atoms with Gasteiger partial charge in [-0.15, -0.1) is 0 Å². The molecule has 1 fully saturated rings. The number of benzene rings is 2. The van der Waals surface area contributed by atoms with E-state index in [0.717, 1.165) is 42.1 Å². The molecule has 1 aromatic heterocycles. The van der Waals surface area contributed by atoms with Crippen LogP contribution in [-0.4, -0.2) is 36.7 Å². The number of aryl methyl sites for hydroxylation is 1. The van der Waals surface area contributed by atoms with E-state index in [9.17, 15) is 4.79 Å². The van der Waals surface area contributed by atoms with Crippen molar-refractivity contribution in [3.8, 4) is 17.2 Å². The molecule has 1 aliphatic heterocycles. The van der Waals surface area contributed by atoms with E-state index >= 15 is 0 Å². The van der Waals surface area contributed by atoms with Gasteiger partial charge < -0.3 is 15.0 Å². The molecule has 34 heavy (non-hydrogen) atoms. The summed E-state index contributed by atoms with van der Waals surface area (Å²) in [6, 6.07) is 20.1. The molecule has 0 spiro atoms. The first-order chi connectivity index (χ1) is 16.0. The van der Waals surface area contributed by atoms with Crippen molar-refractivity contribution < 1.29 is 9.53 Å². The molecule has 3 aromatic rings. The van der Waals surface area contributed by atoms with Crippen LogP contribution in [0.25, 0.3) is 11.1 Å². The van der Waals surface area contributed by atoms with E-state index in [1.807, 2.05) is 30.5 Å². The number of pyridine rings is 1. The second-order valence-corrected chi connectivity index (χ2v) is 8.42. The van der Waals surface area contributed by atoms with Gasteiger partial charge in [-0.25, -0.2) is 0 Å². The number of nitrogens with one attached hydrogen (secondary N) is 1. The topological polar surface area (TPSA) is 78.2 Å². The third kappa shape index (κ3) is 6.16. The van der Waals surface area contributed by atoms with Crippen molar-refractivity contribution in [2.24, 2.45) is 0 Å². The summed E-state index contributed by atoms with van der Waals surface area (Å²) in [5.74, 6) is -0.0835. The molecule has 2 aromatic carbocycles. The van der Waals surface area contributed by atoms with Gasteiger partial charge in [-0.2, -0.15) is 18.8 Å². The number of morpholine rings is 1. The maximum atomic E-state index is 12.3. The quantitative estimate of drug-likeness (QED) is 0.581. The molecule has 176 valence electrons. The number of carbonyl (C=O) groups excluding carboxylic acids is 1. The summed E-state index contributed by atoms with van der Waals surface area (Å²) in [5, 5.41) is 11.8. The third-order valence-electron chi connectivity index (χ3n) is 5.96. The Bertz CT molecular complexity index is 1160. The zero-order valence-electron chi connectivity index (χ0n) is 19.5. The lowest BCUT2D eigenvalue weighted by molar-refractivity contribution is -0.120. The largest absolute Gasteiger partial charge is 0.377 e. The minimum Gasteiger partial charge on any atom is -0.377 e. The van der Waals surface area contributed by atoms with Gasteiger partial charge in [-0.1, -0.05) is 24.3 Å². The summed E-state index contributed by atoms with van der Waals surface area (Å²) >= 11 is 0. The Kier molecular flexibility index (Phi) is 8.69. The molecule has 1 N–H and O–H groups in total. The van der Waals surface area contributed by atoms with Crippen molar-refractivity contribution in [1.82, 2.24) is 10.3 Å². The summed E-state index contributed by atoms with van der Waals surface area (Å²) in [6.45, 7) is 7.16. The number of ether oxygens (including phenoxy) is 1. The van der Waals surface area contributed by atoms with Crippen molar-refractivity contribution in [2.45, 2.75) is 32.9 Å². The Hall–Kier alpha value is -3.34. The van der Waals surface area contributed by atoms with Gasteiger partial charge in [0.05, 0.1) is 31.3 Å². The molecule has 1 aliphatic rings. The average molecular weight is 475 g/mol. The van der Waals surface area contributed by atoms with Crippen molar-refractivity contribution in [3.05, 3.63) is 83.2 Å². The second kappa shape index (κ2) is 11.7. The minimum absolute atomic E-state index is 0. The van der Waals surface area contributed by atoms with Crippen LogP contribution in [0.2, 0.25) is 0 Å². The summed E-state index contributed by atoms with van der Waals surface area (Å²) in [7, 11) is 0. The highest BCUT2D eigenvalue weighted by Gasteiger charge is 2.19. The van der Waals surface area contributed by atoms with Gasteiger partial charge in [0.2, 0.25) is 5.91 Å². The van der Waals surface area contributed by atoms with Crippen LogP contribution in [0, 0.1) is 18.3 Å². The second-order valence-electron chi connectivity index (χ2n) is 8.42. The van der Waals surface area contributed by atoms with Crippen LogP contribution in [0.4, 0.5) is 5.69 Å². The van der Waals surface area contributed by atoms with Gasteiger partial charge in [-0.05, 0) is 60.9 Å². The predicted octanol–water partition coefficient (Wildman–Crippen LogP) is 4.13. The summed E-state index contributed by atoms with van der Waals surface area (Å²) in [4.78, 5) is 19.2. The Morgan fingerprint density at radius 3 is 2.65 bits per heavy atom. The number of rotatable bonds is 6. The fraction of sp³-hybridized carbons (Fsp3) is 0.296. The molecule has 1 atom stereocenters. The standard InChI is InChI=1S/C27H28N4O2.H2S/c1-19-13-25(31-11-12-33-18-20(31)2)9-10-26(19)23-7-8-24(29-17-23)14-27(32)30-16-22-5-3-21(15-28)4-6-22;/h3-10,13,17,20H,11-12,14,16,18H2,1-2H3,(H,30,32);1H2/t20-;/m0./s1. The number of anilines is 1. The van der Waals surface area contributed by atoms with Gasteiger partial charge in [0.15, 0.2) is 0 Å². The lowest BCUT2D eigenvalue weighted by atomic mass is 10.00. The average Bonchev–Trinajstić information content (AvgIpc) is 2.84. The van der Waals surface area contributed by atoms with E-state index in [1.54, 1.807) is 12.1 Å². The molecular weight excluding hydrogens is 444 g/mol. The molecule has 4 rings (SSSR count). The van der Waals surface area contributed by atoms with Gasteiger partial charge in [0.1, 0.15) is 0 Å². The number of nitrogens with zero attached hydrogens (tertiary/aromatic N) is 3. The van der Waals surface area contributed by atoms with E-state index in [-0.39, 0.29) is 25.8 Å².